The van der Waals surface area contributed by atoms with Crippen LogP contribution in [0.2, 0.25) is 0 Å². The Labute approximate surface area is 156 Å². The van der Waals surface area contributed by atoms with E-state index in [9.17, 15) is 4.79 Å². The quantitative estimate of drug-likeness (QED) is 0.624. The second-order valence-corrected chi connectivity index (χ2v) is 7.48. The molecule has 134 valence electrons. The number of esters is 1. The topological polar surface area (TPSA) is 68.2 Å². The second kappa shape index (κ2) is 7.53. The highest BCUT2D eigenvalue weighted by molar-refractivity contribution is 7.80. The number of fused-ring (bicyclic) bond motifs is 1. The molecule has 0 aromatic carbocycles. The zero-order valence-corrected chi connectivity index (χ0v) is 16.3. The summed E-state index contributed by atoms with van der Waals surface area (Å²) in [5.41, 5.74) is 3.49. The van der Waals surface area contributed by atoms with Crippen molar-refractivity contribution in [2.75, 3.05) is 17.7 Å². The molecule has 0 amide bonds. The number of rotatable bonds is 4. The van der Waals surface area contributed by atoms with Gasteiger partial charge in [-0.25, -0.2) is 4.79 Å². The van der Waals surface area contributed by atoms with E-state index in [-0.39, 0.29) is 5.97 Å². The molecule has 3 rings (SSSR count). The predicted molar refractivity (Wildman–Crippen MR) is 105 cm³/mol. The van der Waals surface area contributed by atoms with Gasteiger partial charge in [0, 0.05) is 17.6 Å². The van der Waals surface area contributed by atoms with Crippen LogP contribution >= 0.6 is 23.6 Å². The molecule has 0 spiro atoms. The van der Waals surface area contributed by atoms with Gasteiger partial charge in [-0.3, -0.25) is 4.68 Å². The van der Waals surface area contributed by atoms with Gasteiger partial charge in [0.2, 0.25) is 0 Å². The van der Waals surface area contributed by atoms with E-state index in [1.54, 1.807) is 11.3 Å². The van der Waals surface area contributed by atoms with E-state index < -0.39 is 0 Å². The zero-order chi connectivity index (χ0) is 18.0. The molecule has 2 heterocycles. The lowest BCUT2D eigenvalue weighted by Gasteiger charge is -2.12. The maximum atomic E-state index is 12.3. The Morgan fingerprint density at radius 3 is 2.84 bits per heavy atom. The number of nitrogens with zero attached hydrogens (tertiary/aromatic N) is 2. The summed E-state index contributed by atoms with van der Waals surface area (Å²) >= 11 is 7.04. The molecule has 0 radical (unpaired) electrons. The lowest BCUT2D eigenvalue weighted by atomic mass is 9.95. The third-order valence-corrected chi connectivity index (χ3v) is 5.72. The fourth-order valence-corrected chi connectivity index (χ4v) is 4.59. The van der Waals surface area contributed by atoms with Gasteiger partial charge in [0.1, 0.15) is 5.00 Å². The molecule has 2 aromatic heterocycles. The van der Waals surface area contributed by atoms with Gasteiger partial charge in [0.15, 0.2) is 5.11 Å². The van der Waals surface area contributed by atoms with E-state index in [0.29, 0.717) is 10.7 Å². The standard InChI is InChI=1S/C17H22N4O2S2/c1-4-21-9-12(10(2)20-21)18-17(24)19-15-14(16(22)23-3)11-7-5-6-8-13(11)25-15/h9H,4-8H2,1-3H3,(H2,18,19,24). The highest BCUT2D eigenvalue weighted by Gasteiger charge is 2.26. The Hall–Kier alpha value is -1.93. The van der Waals surface area contributed by atoms with Gasteiger partial charge in [0.05, 0.1) is 24.1 Å². The summed E-state index contributed by atoms with van der Waals surface area (Å²) in [6.07, 6.45) is 6.11. The molecule has 0 atom stereocenters. The number of carbonyl (C=O) groups excluding carboxylic acids is 1. The number of hydrogen-bond donors (Lipinski definition) is 2. The van der Waals surface area contributed by atoms with Crippen LogP contribution in [0.3, 0.4) is 0 Å². The van der Waals surface area contributed by atoms with E-state index in [0.717, 1.165) is 54.2 Å². The van der Waals surface area contributed by atoms with Crippen molar-refractivity contribution < 1.29 is 9.53 Å². The minimum Gasteiger partial charge on any atom is -0.465 e. The van der Waals surface area contributed by atoms with Crippen molar-refractivity contribution in [3.63, 3.8) is 0 Å². The van der Waals surface area contributed by atoms with Crippen molar-refractivity contribution in [3.05, 3.63) is 27.9 Å². The van der Waals surface area contributed by atoms with Crippen LogP contribution < -0.4 is 10.6 Å². The van der Waals surface area contributed by atoms with E-state index in [1.807, 2.05) is 24.7 Å². The first kappa shape index (κ1) is 17.9. The van der Waals surface area contributed by atoms with Crippen LogP contribution in [-0.2, 0) is 24.1 Å². The number of ether oxygens (including phenoxy) is 1. The van der Waals surface area contributed by atoms with Crippen LogP contribution in [0.15, 0.2) is 6.20 Å². The smallest absolute Gasteiger partial charge is 0.341 e. The lowest BCUT2D eigenvalue weighted by Crippen LogP contribution is -2.20. The Morgan fingerprint density at radius 2 is 2.16 bits per heavy atom. The van der Waals surface area contributed by atoms with E-state index >= 15 is 0 Å². The molecule has 8 heteroatoms. The molecule has 0 fully saturated rings. The maximum Gasteiger partial charge on any atom is 0.341 e. The number of methoxy groups -OCH3 is 1. The molecule has 6 nitrogen and oxygen atoms in total. The van der Waals surface area contributed by atoms with Crippen LogP contribution in [0.4, 0.5) is 10.7 Å². The summed E-state index contributed by atoms with van der Waals surface area (Å²) in [5, 5.41) is 12.0. The van der Waals surface area contributed by atoms with Gasteiger partial charge in [-0.2, -0.15) is 5.10 Å². The van der Waals surface area contributed by atoms with Crippen molar-refractivity contribution in [1.82, 2.24) is 9.78 Å². The highest BCUT2D eigenvalue weighted by Crippen LogP contribution is 2.38. The normalized spacial score (nSPS) is 13.2. The number of thiophene rings is 1. The fraction of sp³-hybridized carbons (Fsp3) is 0.471. The van der Waals surface area contributed by atoms with Gasteiger partial charge in [0.25, 0.3) is 0 Å². The largest absolute Gasteiger partial charge is 0.465 e. The number of anilines is 2. The van der Waals surface area contributed by atoms with Crippen LogP contribution in [0.5, 0.6) is 0 Å². The molecule has 0 saturated carbocycles. The third-order valence-electron chi connectivity index (χ3n) is 4.31. The van der Waals surface area contributed by atoms with Gasteiger partial charge < -0.3 is 15.4 Å². The first-order chi connectivity index (χ1) is 12.0. The fourth-order valence-electron chi connectivity index (χ4n) is 3.03. The molecule has 1 aliphatic rings. The average molecular weight is 379 g/mol. The van der Waals surface area contributed by atoms with Crippen molar-refractivity contribution in [3.8, 4) is 0 Å². The van der Waals surface area contributed by atoms with E-state index in [2.05, 4.69) is 15.7 Å². The van der Waals surface area contributed by atoms with Crippen molar-refractivity contribution in [2.45, 2.75) is 46.1 Å². The zero-order valence-electron chi connectivity index (χ0n) is 14.6. The third kappa shape index (κ3) is 3.69. The second-order valence-electron chi connectivity index (χ2n) is 5.97. The van der Waals surface area contributed by atoms with Crippen LogP contribution in [0, 0.1) is 6.92 Å². The molecular formula is C17H22N4O2S2. The minimum atomic E-state index is -0.306. The summed E-state index contributed by atoms with van der Waals surface area (Å²) in [5.74, 6) is -0.306. The molecule has 2 N–H and O–H groups in total. The first-order valence-electron chi connectivity index (χ1n) is 8.38. The molecular weight excluding hydrogens is 356 g/mol. The number of aromatic nitrogens is 2. The molecule has 25 heavy (non-hydrogen) atoms. The number of nitrogens with one attached hydrogen (secondary N) is 2. The highest BCUT2D eigenvalue weighted by atomic mass is 32.1. The molecule has 0 unspecified atom stereocenters. The number of thiocarbonyl (C=S) groups is 1. The molecule has 2 aromatic rings. The SMILES string of the molecule is CCn1cc(NC(=S)Nc2sc3c(c2C(=O)OC)CCCC3)c(C)n1. The van der Waals surface area contributed by atoms with Crippen molar-refractivity contribution in [2.24, 2.45) is 0 Å². The summed E-state index contributed by atoms with van der Waals surface area (Å²) in [7, 11) is 1.41. The Bertz CT molecular complexity index is 810. The summed E-state index contributed by atoms with van der Waals surface area (Å²) in [6, 6.07) is 0. The summed E-state index contributed by atoms with van der Waals surface area (Å²) in [4.78, 5) is 13.5. The maximum absolute atomic E-state index is 12.3. The van der Waals surface area contributed by atoms with Crippen molar-refractivity contribution in [1.29, 1.82) is 0 Å². The number of carbonyl (C=O) groups is 1. The molecule has 0 aliphatic heterocycles. The Kier molecular flexibility index (Phi) is 5.39. The lowest BCUT2D eigenvalue weighted by molar-refractivity contribution is 0.0601. The van der Waals surface area contributed by atoms with Crippen molar-refractivity contribution >= 4 is 45.3 Å². The van der Waals surface area contributed by atoms with Crippen LogP contribution in [-0.4, -0.2) is 28.0 Å². The Balaban J connectivity index is 1.82. The van der Waals surface area contributed by atoms with Crippen LogP contribution in [0.25, 0.3) is 0 Å². The molecule has 1 aliphatic carbocycles. The van der Waals surface area contributed by atoms with E-state index in [4.69, 9.17) is 17.0 Å². The van der Waals surface area contributed by atoms with Gasteiger partial charge in [-0.05, 0) is 57.3 Å². The van der Waals surface area contributed by atoms with Crippen LogP contribution in [0.1, 0.15) is 46.3 Å². The Morgan fingerprint density at radius 1 is 1.40 bits per heavy atom. The first-order valence-corrected chi connectivity index (χ1v) is 9.60. The van der Waals surface area contributed by atoms with E-state index in [1.165, 1.54) is 12.0 Å². The number of hydrogen-bond acceptors (Lipinski definition) is 5. The minimum absolute atomic E-state index is 0.306. The number of aryl methyl sites for hydroxylation is 3. The molecule has 0 saturated heterocycles. The summed E-state index contributed by atoms with van der Waals surface area (Å²) < 4.78 is 6.84. The molecule has 0 bridgehead atoms. The van der Waals surface area contributed by atoms with Gasteiger partial charge in [-0.15, -0.1) is 11.3 Å². The van der Waals surface area contributed by atoms with Gasteiger partial charge >= 0.3 is 5.97 Å². The average Bonchev–Trinajstić information content (AvgIpc) is 3.14. The van der Waals surface area contributed by atoms with Gasteiger partial charge in [-0.1, -0.05) is 0 Å². The monoisotopic (exact) mass is 378 g/mol. The summed E-state index contributed by atoms with van der Waals surface area (Å²) in [6.45, 7) is 4.76. The predicted octanol–water partition coefficient (Wildman–Crippen LogP) is 3.75.